The van der Waals surface area contributed by atoms with Crippen LogP contribution in [0.1, 0.15) is 20.7 Å². The predicted octanol–water partition coefficient (Wildman–Crippen LogP) is 4.32. The first-order chi connectivity index (χ1) is 12.6. The summed E-state index contributed by atoms with van der Waals surface area (Å²) in [4.78, 5) is 26.6. The molecular formula is C21H16N2O3. The number of nitrogens with zero attached hydrogens (tertiary/aromatic N) is 1. The summed E-state index contributed by atoms with van der Waals surface area (Å²) in [6, 6.07) is 21.3. The van der Waals surface area contributed by atoms with E-state index < -0.39 is 0 Å². The fourth-order valence-electron chi connectivity index (χ4n) is 2.88. The van der Waals surface area contributed by atoms with Crippen LogP contribution in [0.3, 0.4) is 0 Å². The van der Waals surface area contributed by atoms with Gasteiger partial charge in [0.2, 0.25) is 0 Å². The van der Waals surface area contributed by atoms with Crippen LogP contribution in [-0.4, -0.2) is 18.9 Å². The molecule has 26 heavy (non-hydrogen) atoms. The summed E-state index contributed by atoms with van der Waals surface area (Å²) in [7, 11) is 1.69. The maximum atomic E-state index is 12.7. The maximum absolute atomic E-state index is 12.7. The van der Waals surface area contributed by atoms with Crippen molar-refractivity contribution in [3.63, 3.8) is 0 Å². The summed E-state index contributed by atoms with van der Waals surface area (Å²) in [6.45, 7) is 0. The van der Waals surface area contributed by atoms with E-state index >= 15 is 0 Å². The Morgan fingerprint density at radius 1 is 0.923 bits per heavy atom. The van der Waals surface area contributed by atoms with Gasteiger partial charge < -0.3 is 15.0 Å². The zero-order valence-corrected chi connectivity index (χ0v) is 14.1. The third kappa shape index (κ3) is 2.80. The highest BCUT2D eigenvalue weighted by atomic mass is 16.5. The molecule has 1 aliphatic heterocycles. The molecule has 3 aromatic carbocycles. The molecule has 3 aromatic rings. The van der Waals surface area contributed by atoms with Crippen LogP contribution >= 0.6 is 0 Å². The van der Waals surface area contributed by atoms with Crippen molar-refractivity contribution in [2.75, 3.05) is 17.3 Å². The van der Waals surface area contributed by atoms with Gasteiger partial charge in [-0.1, -0.05) is 30.3 Å². The highest BCUT2D eigenvalue weighted by Gasteiger charge is 2.25. The minimum Gasteiger partial charge on any atom is -0.454 e. The van der Waals surface area contributed by atoms with Gasteiger partial charge in [-0.05, 0) is 42.5 Å². The zero-order valence-electron chi connectivity index (χ0n) is 14.1. The van der Waals surface area contributed by atoms with Crippen LogP contribution in [0.25, 0.3) is 0 Å². The van der Waals surface area contributed by atoms with Crippen molar-refractivity contribution in [2.24, 2.45) is 0 Å². The fourth-order valence-corrected chi connectivity index (χ4v) is 2.88. The van der Waals surface area contributed by atoms with Crippen molar-refractivity contribution in [3.05, 3.63) is 83.9 Å². The standard InChI is InChI=1S/C21H16N2O3/c1-23-17-13-15(22-20(24)14-7-3-2-4-8-14)11-12-19(17)26-18-10-6-5-9-16(18)21(23)25/h2-13H,1H3,(H,22,24). The van der Waals surface area contributed by atoms with Crippen molar-refractivity contribution in [2.45, 2.75) is 0 Å². The molecule has 128 valence electrons. The average Bonchev–Trinajstić information content (AvgIpc) is 2.78. The molecule has 0 fully saturated rings. The normalized spacial score (nSPS) is 12.5. The number of rotatable bonds is 2. The second-order valence-electron chi connectivity index (χ2n) is 5.97. The van der Waals surface area contributed by atoms with E-state index in [2.05, 4.69) is 5.32 Å². The van der Waals surface area contributed by atoms with Gasteiger partial charge in [0.15, 0.2) is 5.75 Å². The molecule has 0 saturated carbocycles. The number of hydrogen-bond donors (Lipinski definition) is 1. The van der Waals surface area contributed by atoms with Crippen molar-refractivity contribution < 1.29 is 14.3 Å². The Hall–Kier alpha value is -3.60. The highest BCUT2D eigenvalue weighted by Crippen LogP contribution is 2.39. The third-order valence-corrected chi connectivity index (χ3v) is 4.26. The molecule has 1 N–H and O–H groups in total. The number of carbonyl (C=O) groups is 2. The molecule has 4 rings (SSSR count). The molecule has 2 amide bonds. The fraction of sp³-hybridized carbons (Fsp3) is 0.0476. The van der Waals surface area contributed by atoms with Crippen molar-refractivity contribution >= 4 is 23.2 Å². The van der Waals surface area contributed by atoms with Gasteiger partial charge in [-0.2, -0.15) is 0 Å². The molecule has 0 atom stereocenters. The first kappa shape index (κ1) is 15.9. The van der Waals surface area contributed by atoms with Crippen LogP contribution < -0.4 is 15.0 Å². The third-order valence-electron chi connectivity index (χ3n) is 4.26. The van der Waals surface area contributed by atoms with Gasteiger partial charge in [0, 0.05) is 18.3 Å². The summed E-state index contributed by atoms with van der Waals surface area (Å²) in [5.74, 6) is 0.705. The molecule has 0 aliphatic carbocycles. The van der Waals surface area contributed by atoms with E-state index in [-0.39, 0.29) is 11.8 Å². The Labute approximate surface area is 150 Å². The number of ether oxygens (including phenoxy) is 1. The Morgan fingerprint density at radius 3 is 2.46 bits per heavy atom. The second kappa shape index (κ2) is 6.37. The second-order valence-corrected chi connectivity index (χ2v) is 5.97. The van der Waals surface area contributed by atoms with Crippen LogP contribution in [0.5, 0.6) is 11.5 Å². The highest BCUT2D eigenvalue weighted by molar-refractivity contribution is 6.10. The lowest BCUT2D eigenvalue weighted by Crippen LogP contribution is -2.25. The van der Waals surface area contributed by atoms with E-state index in [1.165, 1.54) is 4.90 Å². The number of carbonyl (C=O) groups excluding carboxylic acids is 2. The molecule has 5 nitrogen and oxygen atoms in total. The van der Waals surface area contributed by atoms with Gasteiger partial charge in [0.1, 0.15) is 5.75 Å². The van der Waals surface area contributed by atoms with Gasteiger partial charge in [-0.3, -0.25) is 9.59 Å². The quantitative estimate of drug-likeness (QED) is 0.753. The molecule has 0 bridgehead atoms. The van der Waals surface area contributed by atoms with Gasteiger partial charge >= 0.3 is 0 Å². The predicted molar refractivity (Wildman–Crippen MR) is 100 cm³/mol. The van der Waals surface area contributed by atoms with Crippen molar-refractivity contribution in [1.29, 1.82) is 0 Å². The summed E-state index contributed by atoms with van der Waals surface area (Å²) in [5, 5.41) is 2.85. The van der Waals surface area contributed by atoms with E-state index in [1.807, 2.05) is 24.3 Å². The molecule has 0 unspecified atom stereocenters. The minimum absolute atomic E-state index is 0.161. The number of amides is 2. The summed E-state index contributed by atoms with van der Waals surface area (Å²) < 4.78 is 5.91. The SMILES string of the molecule is CN1C(=O)c2ccccc2Oc2ccc(NC(=O)c3ccccc3)cc21. The molecule has 1 heterocycles. The molecule has 5 heteroatoms. The molecule has 0 spiro atoms. The molecular weight excluding hydrogens is 328 g/mol. The van der Waals surface area contributed by atoms with Crippen LogP contribution in [0.15, 0.2) is 72.8 Å². The number of benzene rings is 3. The van der Waals surface area contributed by atoms with Crippen LogP contribution in [-0.2, 0) is 0 Å². The van der Waals surface area contributed by atoms with E-state index in [9.17, 15) is 9.59 Å². The molecule has 0 saturated heterocycles. The van der Waals surface area contributed by atoms with Gasteiger partial charge in [-0.25, -0.2) is 0 Å². The number of nitrogens with one attached hydrogen (secondary N) is 1. The lowest BCUT2D eigenvalue weighted by atomic mass is 10.1. The van der Waals surface area contributed by atoms with E-state index in [0.717, 1.165) is 0 Å². The summed E-state index contributed by atoms with van der Waals surface area (Å²) >= 11 is 0. The number of hydrogen-bond acceptors (Lipinski definition) is 3. The topological polar surface area (TPSA) is 58.6 Å². The Bertz CT molecular complexity index is 999. The van der Waals surface area contributed by atoms with Crippen molar-refractivity contribution in [3.8, 4) is 11.5 Å². The van der Waals surface area contributed by atoms with Crippen LogP contribution in [0.2, 0.25) is 0 Å². The lowest BCUT2D eigenvalue weighted by Gasteiger charge is -2.17. The largest absolute Gasteiger partial charge is 0.454 e. The lowest BCUT2D eigenvalue weighted by molar-refractivity contribution is 0.0991. The number of para-hydroxylation sites is 1. The average molecular weight is 344 g/mol. The first-order valence-corrected chi connectivity index (χ1v) is 8.19. The Morgan fingerprint density at radius 2 is 1.65 bits per heavy atom. The minimum atomic E-state index is -0.211. The first-order valence-electron chi connectivity index (χ1n) is 8.19. The summed E-state index contributed by atoms with van der Waals surface area (Å²) in [5.41, 5.74) is 2.25. The number of fused-ring (bicyclic) bond motifs is 2. The van der Waals surface area contributed by atoms with Gasteiger partial charge in [-0.15, -0.1) is 0 Å². The van der Waals surface area contributed by atoms with Crippen molar-refractivity contribution in [1.82, 2.24) is 0 Å². The van der Waals surface area contributed by atoms with Gasteiger partial charge in [0.25, 0.3) is 11.8 Å². The van der Waals surface area contributed by atoms with Crippen LogP contribution in [0, 0.1) is 0 Å². The Kier molecular flexibility index (Phi) is 3.89. The monoisotopic (exact) mass is 344 g/mol. The van der Waals surface area contributed by atoms with E-state index in [0.29, 0.717) is 34.0 Å². The van der Waals surface area contributed by atoms with Crippen LogP contribution in [0.4, 0.5) is 11.4 Å². The Balaban J connectivity index is 1.67. The van der Waals surface area contributed by atoms with E-state index in [1.54, 1.807) is 55.6 Å². The number of anilines is 2. The van der Waals surface area contributed by atoms with E-state index in [4.69, 9.17) is 4.74 Å². The molecule has 1 aliphatic rings. The summed E-state index contributed by atoms with van der Waals surface area (Å²) in [6.07, 6.45) is 0. The zero-order chi connectivity index (χ0) is 18.1. The molecule has 0 aromatic heterocycles. The maximum Gasteiger partial charge on any atom is 0.261 e. The smallest absolute Gasteiger partial charge is 0.261 e. The molecule has 0 radical (unpaired) electrons. The van der Waals surface area contributed by atoms with Gasteiger partial charge in [0.05, 0.1) is 11.3 Å².